The van der Waals surface area contributed by atoms with Crippen LogP contribution in [0.4, 0.5) is 0 Å². The minimum Gasteiger partial charge on any atom is -0.497 e. The predicted octanol–water partition coefficient (Wildman–Crippen LogP) is 3.72. The molecule has 116 valence electrons. The van der Waals surface area contributed by atoms with Gasteiger partial charge in [0.1, 0.15) is 11.6 Å². The fourth-order valence-electron chi connectivity index (χ4n) is 2.30. The largest absolute Gasteiger partial charge is 0.497 e. The maximum absolute atomic E-state index is 12.5. The van der Waals surface area contributed by atoms with Gasteiger partial charge in [-0.3, -0.25) is 9.36 Å². The van der Waals surface area contributed by atoms with E-state index >= 15 is 0 Å². The smallest absolute Gasteiger partial charge is 0.261 e. The molecule has 2 aromatic carbocycles. The van der Waals surface area contributed by atoms with E-state index in [0.29, 0.717) is 16.7 Å². The van der Waals surface area contributed by atoms with Crippen LogP contribution < -0.4 is 10.3 Å². The van der Waals surface area contributed by atoms with Gasteiger partial charge in [0.05, 0.1) is 18.0 Å². The molecule has 3 rings (SSSR count). The first kappa shape index (κ1) is 15.7. The number of hydrogen-bond acceptors (Lipinski definition) is 3. The van der Waals surface area contributed by atoms with Crippen LogP contribution in [0.15, 0.2) is 47.3 Å². The summed E-state index contributed by atoms with van der Waals surface area (Å²) in [6, 6.07) is 13.4. The average Bonchev–Trinajstić information content (AvgIpc) is 2.58. The lowest BCUT2D eigenvalue weighted by molar-refractivity contribution is 0.415. The molecule has 0 bridgehead atoms. The molecule has 3 aromatic rings. The molecule has 0 unspecified atom stereocenters. The molecule has 0 aliphatic carbocycles. The number of benzene rings is 2. The van der Waals surface area contributed by atoms with E-state index in [1.54, 1.807) is 18.7 Å². The van der Waals surface area contributed by atoms with Crippen molar-refractivity contribution in [3.63, 3.8) is 0 Å². The summed E-state index contributed by atoms with van der Waals surface area (Å²) in [5.74, 6) is 1.44. The Hall–Kier alpha value is -2.15. The Balaban J connectivity index is 2.02. The second-order valence-electron chi connectivity index (χ2n) is 5.10. The van der Waals surface area contributed by atoms with E-state index in [9.17, 15) is 4.79 Å². The molecule has 23 heavy (non-hydrogen) atoms. The van der Waals surface area contributed by atoms with Crippen LogP contribution in [0.1, 0.15) is 11.4 Å². The van der Waals surface area contributed by atoms with Crippen molar-refractivity contribution >= 4 is 45.6 Å². The third-order valence-corrected chi connectivity index (χ3v) is 4.28. The Morgan fingerprint density at radius 3 is 2.57 bits per heavy atom. The summed E-state index contributed by atoms with van der Waals surface area (Å²) < 4.78 is 7.73. The van der Waals surface area contributed by atoms with E-state index in [2.05, 4.69) is 27.6 Å². The Bertz CT molecular complexity index is 944. The van der Waals surface area contributed by atoms with Gasteiger partial charge in [-0.25, -0.2) is 4.98 Å². The lowest BCUT2D eigenvalue weighted by Crippen LogP contribution is -2.20. The summed E-state index contributed by atoms with van der Waals surface area (Å²) in [4.78, 5) is 17.0. The number of fused-ring (bicyclic) bond motifs is 1. The van der Waals surface area contributed by atoms with Crippen LogP contribution in [0.2, 0.25) is 0 Å². The van der Waals surface area contributed by atoms with Gasteiger partial charge in [-0.15, -0.1) is 0 Å². The molecule has 5 heteroatoms. The van der Waals surface area contributed by atoms with E-state index in [-0.39, 0.29) is 5.56 Å². The zero-order valence-electron chi connectivity index (χ0n) is 12.8. The molecule has 1 heterocycles. The molecular formula is C18H15IN2O2. The van der Waals surface area contributed by atoms with E-state index in [4.69, 9.17) is 4.74 Å². The van der Waals surface area contributed by atoms with E-state index in [0.717, 1.165) is 14.9 Å². The standard InChI is InChI=1S/C18H15IN2O2/c1-21-17(10-5-12-3-7-14(23-2)8-4-12)20-16-9-6-13(19)11-15(16)18(21)22/h3-11H,1-2H3. The molecule has 0 aliphatic rings. The monoisotopic (exact) mass is 418 g/mol. The molecule has 0 saturated carbocycles. The van der Waals surface area contributed by atoms with Gasteiger partial charge in [0.2, 0.25) is 0 Å². The van der Waals surface area contributed by atoms with Gasteiger partial charge in [-0.1, -0.05) is 18.2 Å². The highest BCUT2D eigenvalue weighted by Crippen LogP contribution is 2.15. The van der Waals surface area contributed by atoms with Crippen LogP contribution in [-0.4, -0.2) is 16.7 Å². The van der Waals surface area contributed by atoms with Crippen LogP contribution in [0.3, 0.4) is 0 Å². The van der Waals surface area contributed by atoms with E-state index in [1.807, 2.05) is 54.6 Å². The SMILES string of the molecule is COc1ccc(C=Cc2nc3ccc(I)cc3c(=O)n2C)cc1. The third kappa shape index (κ3) is 3.29. The fourth-order valence-corrected chi connectivity index (χ4v) is 2.79. The first-order chi connectivity index (χ1) is 11.1. The van der Waals surface area contributed by atoms with Crippen molar-refractivity contribution in [1.29, 1.82) is 0 Å². The topological polar surface area (TPSA) is 44.1 Å². The molecule has 0 atom stereocenters. The quantitative estimate of drug-likeness (QED) is 0.610. The average molecular weight is 418 g/mol. The number of aromatic nitrogens is 2. The van der Waals surface area contributed by atoms with Gasteiger partial charge in [-0.2, -0.15) is 0 Å². The van der Waals surface area contributed by atoms with Crippen molar-refractivity contribution in [3.8, 4) is 5.75 Å². The number of rotatable bonds is 3. The Labute approximate surface area is 147 Å². The highest BCUT2D eigenvalue weighted by Gasteiger charge is 2.06. The van der Waals surface area contributed by atoms with Crippen LogP contribution >= 0.6 is 22.6 Å². The van der Waals surface area contributed by atoms with Gasteiger partial charge in [0.25, 0.3) is 5.56 Å². The Kier molecular flexibility index (Phi) is 4.47. The summed E-state index contributed by atoms with van der Waals surface area (Å²) in [7, 11) is 3.38. The summed E-state index contributed by atoms with van der Waals surface area (Å²) in [5.41, 5.74) is 1.69. The molecule has 1 aromatic heterocycles. The van der Waals surface area contributed by atoms with Crippen LogP contribution in [0.5, 0.6) is 5.75 Å². The molecular weight excluding hydrogens is 403 g/mol. The van der Waals surface area contributed by atoms with Crippen LogP contribution in [0.25, 0.3) is 23.1 Å². The van der Waals surface area contributed by atoms with Crippen molar-refractivity contribution in [2.75, 3.05) is 7.11 Å². The van der Waals surface area contributed by atoms with Crippen molar-refractivity contribution in [3.05, 3.63) is 67.8 Å². The Morgan fingerprint density at radius 1 is 1.13 bits per heavy atom. The van der Waals surface area contributed by atoms with Crippen molar-refractivity contribution in [1.82, 2.24) is 9.55 Å². The van der Waals surface area contributed by atoms with Crippen LogP contribution in [-0.2, 0) is 7.05 Å². The highest BCUT2D eigenvalue weighted by molar-refractivity contribution is 14.1. The zero-order valence-corrected chi connectivity index (χ0v) is 14.9. The van der Waals surface area contributed by atoms with Gasteiger partial charge in [0.15, 0.2) is 0 Å². The minimum absolute atomic E-state index is 0.0390. The molecule has 4 nitrogen and oxygen atoms in total. The first-order valence-electron chi connectivity index (χ1n) is 7.07. The summed E-state index contributed by atoms with van der Waals surface area (Å²) in [6.07, 6.45) is 3.78. The van der Waals surface area contributed by atoms with Crippen molar-refractivity contribution < 1.29 is 4.74 Å². The lowest BCUT2D eigenvalue weighted by Gasteiger charge is -2.06. The normalized spacial score (nSPS) is 11.3. The number of hydrogen-bond donors (Lipinski definition) is 0. The predicted molar refractivity (Wildman–Crippen MR) is 102 cm³/mol. The molecule has 0 fully saturated rings. The van der Waals surface area contributed by atoms with Crippen molar-refractivity contribution in [2.45, 2.75) is 0 Å². The van der Waals surface area contributed by atoms with Gasteiger partial charge >= 0.3 is 0 Å². The summed E-state index contributed by atoms with van der Waals surface area (Å²) in [5, 5.41) is 0.640. The third-order valence-electron chi connectivity index (χ3n) is 3.61. The maximum Gasteiger partial charge on any atom is 0.261 e. The van der Waals surface area contributed by atoms with Gasteiger partial charge in [0, 0.05) is 10.6 Å². The van der Waals surface area contributed by atoms with E-state index in [1.165, 1.54) is 0 Å². The summed E-state index contributed by atoms with van der Waals surface area (Å²) in [6.45, 7) is 0. The van der Waals surface area contributed by atoms with Crippen molar-refractivity contribution in [2.24, 2.45) is 7.05 Å². The molecule has 0 aliphatic heterocycles. The number of halogens is 1. The molecule has 0 amide bonds. The second kappa shape index (κ2) is 6.54. The fraction of sp³-hybridized carbons (Fsp3) is 0.111. The highest BCUT2D eigenvalue weighted by atomic mass is 127. The summed E-state index contributed by atoms with van der Waals surface area (Å²) >= 11 is 2.19. The molecule has 0 radical (unpaired) electrons. The Morgan fingerprint density at radius 2 is 1.87 bits per heavy atom. The first-order valence-corrected chi connectivity index (χ1v) is 8.15. The number of nitrogens with zero attached hydrogens (tertiary/aromatic N) is 2. The van der Waals surface area contributed by atoms with E-state index < -0.39 is 0 Å². The second-order valence-corrected chi connectivity index (χ2v) is 6.35. The minimum atomic E-state index is -0.0390. The lowest BCUT2D eigenvalue weighted by atomic mass is 10.2. The van der Waals surface area contributed by atoms with Gasteiger partial charge < -0.3 is 4.74 Å². The molecule has 0 N–H and O–H groups in total. The zero-order chi connectivity index (χ0) is 16.4. The van der Waals surface area contributed by atoms with Gasteiger partial charge in [-0.05, 0) is 64.6 Å². The van der Waals surface area contributed by atoms with Crippen LogP contribution in [0, 0.1) is 3.57 Å². The maximum atomic E-state index is 12.5. The molecule has 0 spiro atoms. The number of methoxy groups -OCH3 is 1. The number of ether oxygens (including phenoxy) is 1. The molecule has 0 saturated heterocycles.